The van der Waals surface area contributed by atoms with Gasteiger partial charge < -0.3 is 4.74 Å². The third kappa shape index (κ3) is 2.55. The second kappa shape index (κ2) is 5.91. The zero-order valence-corrected chi connectivity index (χ0v) is 13.5. The molecule has 0 aliphatic carbocycles. The zero-order chi connectivity index (χ0) is 16.7. The van der Waals surface area contributed by atoms with Crippen LogP contribution in [0.3, 0.4) is 0 Å². The van der Waals surface area contributed by atoms with E-state index in [0.717, 1.165) is 18.7 Å². The quantitative estimate of drug-likeness (QED) is 0.727. The highest BCUT2D eigenvalue weighted by Crippen LogP contribution is 2.23. The molecule has 4 rings (SSSR count). The molecule has 0 fully saturated rings. The first kappa shape index (κ1) is 15.1. The van der Waals surface area contributed by atoms with Crippen LogP contribution >= 0.6 is 11.6 Å². The summed E-state index contributed by atoms with van der Waals surface area (Å²) < 4.78 is 21.1. The molecular formula is C18H14ClFN2O2. The highest BCUT2D eigenvalue weighted by atomic mass is 35.5. The molecule has 2 aromatic carbocycles. The minimum absolute atomic E-state index is 0.00326. The van der Waals surface area contributed by atoms with Crippen LogP contribution in [0.25, 0.3) is 10.9 Å². The summed E-state index contributed by atoms with van der Waals surface area (Å²) in [6.07, 6.45) is 1.77. The van der Waals surface area contributed by atoms with Crippen LogP contribution in [0.2, 0.25) is 5.02 Å². The van der Waals surface area contributed by atoms with E-state index in [9.17, 15) is 9.18 Å². The molecule has 1 aromatic heterocycles. The number of hydrogen-bond acceptors (Lipinski definition) is 3. The molecule has 3 aromatic rings. The lowest BCUT2D eigenvalue weighted by Crippen LogP contribution is -2.20. The van der Waals surface area contributed by atoms with E-state index in [2.05, 4.69) is 4.98 Å². The van der Waals surface area contributed by atoms with Gasteiger partial charge in [-0.1, -0.05) is 17.7 Å². The molecule has 2 heterocycles. The number of ether oxygens (including phenoxy) is 1. The van der Waals surface area contributed by atoms with Crippen molar-refractivity contribution in [1.29, 1.82) is 0 Å². The highest BCUT2D eigenvalue weighted by molar-refractivity contribution is 6.31. The van der Waals surface area contributed by atoms with Crippen molar-refractivity contribution in [2.75, 3.05) is 0 Å². The lowest BCUT2D eigenvalue weighted by Gasteiger charge is -2.10. The number of benzene rings is 2. The second-order valence-corrected chi connectivity index (χ2v) is 6.16. The molecule has 1 aliphatic heterocycles. The zero-order valence-electron chi connectivity index (χ0n) is 12.8. The summed E-state index contributed by atoms with van der Waals surface area (Å²) in [6, 6.07) is 9.65. The summed E-state index contributed by atoms with van der Waals surface area (Å²) in [4.78, 5) is 17.1. The largest absolute Gasteiger partial charge is 0.489 e. The van der Waals surface area contributed by atoms with Gasteiger partial charge in [0.15, 0.2) is 0 Å². The van der Waals surface area contributed by atoms with E-state index in [4.69, 9.17) is 16.3 Å². The fourth-order valence-corrected chi connectivity index (χ4v) is 3.20. The molecule has 4 nitrogen and oxygen atoms in total. The van der Waals surface area contributed by atoms with Crippen molar-refractivity contribution >= 4 is 22.5 Å². The molecule has 0 N–H and O–H groups in total. The standard InChI is InChI=1S/C18H14ClFN2O2/c19-14-3-1-4-15(20)13(14)10-24-11-6-7-16-12(9-11)18(23)22-8-2-5-17(22)21-16/h1,3-4,6-7,9H,2,5,8,10H2. The maximum absolute atomic E-state index is 13.8. The van der Waals surface area contributed by atoms with Crippen LogP contribution in [-0.4, -0.2) is 9.55 Å². The van der Waals surface area contributed by atoms with E-state index < -0.39 is 5.82 Å². The first-order chi connectivity index (χ1) is 11.6. The number of aromatic nitrogens is 2. The number of halogens is 2. The van der Waals surface area contributed by atoms with Gasteiger partial charge in [0, 0.05) is 18.5 Å². The minimum atomic E-state index is -0.414. The topological polar surface area (TPSA) is 44.1 Å². The normalized spacial score (nSPS) is 13.2. The Kier molecular flexibility index (Phi) is 3.73. The van der Waals surface area contributed by atoms with Gasteiger partial charge >= 0.3 is 0 Å². The Morgan fingerprint density at radius 2 is 2.17 bits per heavy atom. The summed E-state index contributed by atoms with van der Waals surface area (Å²) in [5.41, 5.74) is 0.898. The van der Waals surface area contributed by atoms with E-state index in [-0.39, 0.29) is 12.2 Å². The number of rotatable bonds is 3. The summed E-state index contributed by atoms with van der Waals surface area (Å²) >= 11 is 6.00. The van der Waals surface area contributed by atoms with Gasteiger partial charge in [0.25, 0.3) is 5.56 Å². The Hall–Kier alpha value is -2.40. The molecule has 0 saturated heterocycles. The van der Waals surface area contributed by atoms with Gasteiger partial charge in [-0.15, -0.1) is 0 Å². The predicted octanol–water partition coefficient (Wildman–Crippen LogP) is 3.71. The molecular weight excluding hydrogens is 331 g/mol. The monoisotopic (exact) mass is 344 g/mol. The Bertz CT molecular complexity index is 980. The van der Waals surface area contributed by atoms with Crippen molar-refractivity contribution in [3.63, 3.8) is 0 Å². The van der Waals surface area contributed by atoms with E-state index >= 15 is 0 Å². The Morgan fingerprint density at radius 1 is 1.29 bits per heavy atom. The third-order valence-electron chi connectivity index (χ3n) is 4.23. The highest BCUT2D eigenvalue weighted by Gasteiger charge is 2.16. The smallest absolute Gasteiger partial charge is 0.261 e. The van der Waals surface area contributed by atoms with Crippen LogP contribution in [0.4, 0.5) is 4.39 Å². The SMILES string of the molecule is O=c1c2cc(OCc3c(F)cccc3Cl)ccc2nc2n1CCC2. The van der Waals surface area contributed by atoms with E-state index in [0.29, 0.717) is 33.8 Å². The van der Waals surface area contributed by atoms with Gasteiger partial charge in [-0.25, -0.2) is 9.37 Å². The average molecular weight is 345 g/mol. The molecule has 0 saturated carbocycles. The number of nitrogens with zero attached hydrogens (tertiary/aromatic N) is 2. The Balaban J connectivity index is 1.67. The van der Waals surface area contributed by atoms with Crippen molar-refractivity contribution in [2.24, 2.45) is 0 Å². The van der Waals surface area contributed by atoms with Crippen LogP contribution in [0, 0.1) is 5.82 Å². The molecule has 24 heavy (non-hydrogen) atoms. The molecule has 0 spiro atoms. The van der Waals surface area contributed by atoms with Crippen LogP contribution in [0.5, 0.6) is 5.75 Å². The fourth-order valence-electron chi connectivity index (χ4n) is 2.98. The molecule has 0 atom stereocenters. The van der Waals surface area contributed by atoms with Crippen molar-refractivity contribution in [3.8, 4) is 5.75 Å². The third-order valence-corrected chi connectivity index (χ3v) is 4.59. The number of fused-ring (bicyclic) bond motifs is 2. The second-order valence-electron chi connectivity index (χ2n) is 5.76. The van der Waals surface area contributed by atoms with Crippen LogP contribution in [-0.2, 0) is 19.6 Å². The van der Waals surface area contributed by atoms with E-state index in [1.807, 2.05) is 0 Å². The Morgan fingerprint density at radius 3 is 3.00 bits per heavy atom. The number of hydrogen-bond donors (Lipinski definition) is 0. The van der Waals surface area contributed by atoms with E-state index in [1.54, 1.807) is 34.9 Å². The van der Waals surface area contributed by atoms with Gasteiger partial charge in [-0.05, 0) is 36.8 Å². The summed E-state index contributed by atoms with van der Waals surface area (Å²) in [7, 11) is 0. The molecule has 122 valence electrons. The summed E-state index contributed by atoms with van der Waals surface area (Å²) in [5.74, 6) is 0.904. The van der Waals surface area contributed by atoms with Crippen molar-refractivity contribution < 1.29 is 9.13 Å². The number of aryl methyl sites for hydroxylation is 1. The maximum Gasteiger partial charge on any atom is 0.261 e. The Labute approximate surface area is 142 Å². The lowest BCUT2D eigenvalue weighted by molar-refractivity contribution is 0.300. The van der Waals surface area contributed by atoms with Gasteiger partial charge in [0.1, 0.15) is 24.0 Å². The first-order valence-corrected chi connectivity index (χ1v) is 8.10. The van der Waals surface area contributed by atoms with Crippen molar-refractivity contribution in [2.45, 2.75) is 26.0 Å². The molecule has 6 heteroatoms. The first-order valence-electron chi connectivity index (χ1n) is 7.72. The van der Waals surface area contributed by atoms with Crippen molar-refractivity contribution in [3.05, 3.63) is 69.0 Å². The van der Waals surface area contributed by atoms with Gasteiger partial charge in [-0.3, -0.25) is 9.36 Å². The van der Waals surface area contributed by atoms with Gasteiger partial charge in [-0.2, -0.15) is 0 Å². The molecule has 0 amide bonds. The fraction of sp³-hybridized carbons (Fsp3) is 0.222. The van der Waals surface area contributed by atoms with Gasteiger partial charge in [0.2, 0.25) is 0 Å². The molecule has 0 unspecified atom stereocenters. The maximum atomic E-state index is 13.8. The van der Waals surface area contributed by atoms with E-state index in [1.165, 1.54) is 6.07 Å². The van der Waals surface area contributed by atoms with Crippen molar-refractivity contribution in [1.82, 2.24) is 9.55 Å². The lowest BCUT2D eigenvalue weighted by atomic mass is 10.2. The van der Waals surface area contributed by atoms with Crippen LogP contribution in [0.1, 0.15) is 17.8 Å². The average Bonchev–Trinajstić information content (AvgIpc) is 3.04. The predicted molar refractivity (Wildman–Crippen MR) is 90.1 cm³/mol. The molecule has 1 aliphatic rings. The summed E-state index contributed by atoms with van der Waals surface area (Å²) in [6.45, 7) is 0.698. The molecule has 0 radical (unpaired) electrons. The summed E-state index contributed by atoms with van der Waals surface area (Å²) in [5, 5.41) is 0.827. The van der Waals surface area contributed by atoms with Crippen LogP contribution in [0.15, 0.2) is 41.2 Å². The molecule has 0 bridgehead atoms. The van der Waals surface area contributed by atoms with Gasteiger partial charge in [0.05, 0.1) is 15.9 Å². The van der Waals surface area contributed by atoms with Crippen LogP contribution < -0.4 is 10.3 Å². The minimum Gasteiger partial charge on any atom is -0.489 e.